The van der Waals surface area contributed by atoms with E-state index >= 15 is 0 Å². The number of anilines is 1. The van der Waals surface area contributed by atoms with E-state index in [0.29, 0.717) is 27.6 Å². The molecule has 0 aliphatic carbocycles. The van der Waals surface area contributed by atoms with Crippen molar-refractivity contribution in [3.05, 3.63) is 50.3 Å². The van der Waals surface area contributed by atoms with E-state index in [1.165, 1.54) is 11.3 Å². The molecule has 0 saturated heterocycles. The summed E-state index contributed by atoms with van der Waals surface area (Å²) in [5.41, 5.74) is 1.77. The number of nitrogens with zero attached hydrogens (tertiary/aromatic N) is 1. The van der Waals surface area contributed by atoms with Gasteiger partial charge in [-0.25, -0.2) is 8.42 Å². The van der Waals surface area contributed by atoms with Crippen LogP contribution in [0.2, 0.25) is 0 Å². The molecule has 3 rings (SSSR count). The van der Waals surface area contributed by atoms with Gasteiger partial charge in [-0.15, -0.1) is 11.3 Å². The summed E-state index contributed by atoms with van der Waals surface area (Å²) in [5, 5.41) is 3.87. The molecule has 0 atom stereocenters. The normalized spacial score (nSPS) is 11.7. The van der Waals surface area contributed by atoms with Gasteiger partial charge in [-0.05, 0) is 39.0 Å². The van der Waals surface area contributed by atoms with Crippen LogP contribution in [0.15, 0.2) is 44.2 Å². The first kappa shape index (κ1) is 17.2. The molecule has 0 amide bonds. The van der Waals surface area contributed by atoms with Gasteiger partial charge in [-0.1, -0.05) is 27.2 Å². The molecule has 0 radical (unpaired) electrons. The maximum absolute atomic E-state index is 13.0. The third kappa shape index (κ3) is 3.26. The standard InChI is InChI=1S/C16H15BrN2O3S2/c1-9-7-14(22-18-9)15-10(2)23-11(3)16(15)24(20,21)19-13-6-4-5-12(17)8-13/h4-8,19H,1-3H3. The number of hydrogen-bond donors (Lipinski definition) is 1. The number of halogens is 1. The molecule has 24 heavy (non-hydrogen) atoms. The number of aromatic nitrogens is 1. The highest BCUT2D eigenvalue weighted by molar-refractivity contribution is 9.10. The van der Waals surface area contributed by atoms with Crippen molar-refractivity contribution in [3.63, 3.8) is 0 Å². The zero-order valence-electron chi connectivity index (χ0n) is 13.3. The van der Waals surface area contributed by atoms with Crippen LogP contribution in [0.3, 0.4) is 0 Å². The van der Waals surface area contributed by atoms with Crippen molar-refractivity contribution in [3.8, 4) is 11.3 Å². The van der Waals surface area contributed by atoms with Crippen LogP contribution < -0.4 is 4.72 Å². The lowest BCUT2D eigenvalue weighted by Crippen LogP contribution is -2.14. The van der Waals surface area contributed by atoms with Crippen LogP contribution in [-0.4, -0.2) is 13.6 Å². The predicted molar refractivity (Wildman–Crippen MR) is 99.0 cm³/mol. The van der Waals surface area contributed by atoms with Gasteiger partial charge in [0.25, 0.3) is 10.0 Å². The average Bonchev–Trinajstić information content (AvgIpc) is 3.01. The topological polar surface area (TPSA) is 72.2 Å². The van der Waals surface area contributed by atoms with Crippen LogP contribution in [0, 0.1) is 20.8 Å². The average molecular weight is 427 g/mol. The van der Waals surface area contributed by atoms with Crippen LogP contribution in [0.25, 0.3) is 11.3 Å². The Morgan fingerprint density at radius 1 is 1.17 bits per heavy atom. The van der Waals surface area contributed by atoms with E-state index in [4.69, 9.17) is 4.52 Å². The molecule has 0 unspecified atom stereocenters. The molecule has 1 aromatic carbocycles. The second-order valence-corrected chi connectivity index (χ2v) is 9.33. The van der Waals surface area contributed by atoms with Crippen molar-refractivity contribution in [2.24, 2.45) is 0 Å². The fourth-order valence-corrected chi connectivity index (χ4v) is 5.83. The number of sulfonamides is 1. The summed E-state index contributed by atoms with van der Waals surface area (Å²) >= 11 is 4.77. The number of thiophene rings is 1. The van der Waals surface area contributed by atoms with Gasteiger partial charge in [-0.2, -0.15) is 0 Å². The summed E-state index contributed by atoms with van der Waals surface area (Å²) in [6, 6.07) is 8.76. The minimum atomic E-state index is -3.76. The molecular weight excluding hydrogens is 412 g/mol. The number of nitrogens with one attached hydrogen (secondary N) is 1. The van der Waals surface area contributed by atoms with E-state index in [-0.39, 0.29) is 4.90 Å². The Kier molecular flexibility index (Phi) is 4.54. The minimum Gasteiger partial charge on any atom is -0.356 e. The smallest absolute Gasteiger partial charge is 0.263 e. The highest BCUT2D eigenvalue weighted by Crippen LogP contribution is 2.39. The quantitative estimate of drug-likeness (QED) is 0.644. The molecule has 0 bridgehead atoms. The summed E-state index contributed by atoms with van der Waals surface area (Å²) in [5.74, 6) is 0.462. The molecule has 0 saturated carbocycles. The molecule has 2 aromatic heterocycles. The third-order valence-corrected chi connectivity index (χ3v) is 6.62. The molecule has 0 fully saturated rings. The van der Waals surface area contributed by atoms with E-state index in [0.717, 1.165) is 9.35 Å². The van der Waals surface area contributed by atoms with Crippen LogP contribution in [-0.2, 0) is 10.0 Å². The summed E-state index contributed by atoms with van der Waals surface area (Å²) in [7, 11) is -3.76. The van der Waals surface area contributed by atoms with Crippen molar-refractivity contribution < 1.29 is 12.9 Å². The van der Waals surface area contributed by atoms with Gasteiger partial charge in [-0.3, -0.25) is 4.72 Å². The lowest BCUT2D eigenvalue weighted by atomic mass is 10.2. The Morgan fingerprint density at radius 2 is 1.92 bits per heavy atom. The predicted octanol–water partition coefficient (Wildman–Crippen LogP) is 4.89. The van der Waals surface area contributed by atoms with Gasteiger partial charge >= 0.3 is 0 Å². The Bertz CT molecular complexity index is 1010. The molecular formula is C16H15BrN2O3S2. The minimum absolute atomic E-state index is 0.237. The number of aryl methyl sites for hydroxylation is 3. The highest BCUT2D eigenvalue weighted by atomic mass is 79.9. The Hall–Kier alpha value is -1.64. The maximum Gasteiger partial charge on any atom is 0.263 e. The first-order valence-electron chi connectivity index (χ1n) is 7.10. The van der Waals surface area contributed by atoms with E-state index in [2.05, 4.69) is 25.8 Å². The van der Waals surface area contributed by atoms with Gasteiger partial charge in [0, 0.05) is 26.0 Å². The van der Waals surface area contributed by atoms with E-state index in [1.54, 1.807) is 38.1 Å². The molecule has 2 heterocycles. The SMILES string of the molecule is Cc1cc(-c2c(C)sc(C)c2S(=O)(=O)Nc2cccc(Br)c2)on1. The summed E-state index contributed by atoms with van der Waals surface area (Å²) in [6.07, 6.45) is 0. The van der Waals surface area contributed by atoms with Gasteiger partial charge in [0.2, 0.25) is 0 Å². The molecule has 126 valence electrons. The van der Waals surface area contributed by atoms with Crippen molar-refractivity contribution >= 4 is 43.0 Å². The van der Waals surface area contributed by atoms with Crippen molar-refractivity contribution in [2.75, 3.05) is 4.72 Å². The summed E-state index contributed by atoms with van der Waals surface area (Å²) < 4.78 is 34.7. The molecule has 8 heteroatoms. The van der Waals surface area contributed by atoms with Gasteiger partial charge in [0.15, 0.2) is 5.76 Å². The first-order chi connectivity index (χ1) is 11.3. The number of hydrogen-bond acceptors (Lipinski definition) is 5. The van der Waals surface area contributed by atoms with Crippen molar-refractivity contribution in [2.45, 2.75) is 25.7 Å². The van der Waals surface area contributed by atoms with Crippen molar-refractivity contribution in [1.82, 2.24) is 5.16 Å². The Morgan fingerprint density at radius 3 is 2.54 bits per heavy atom. The monoisotopic (exact) mass is 426 g/mol. The van der Waals surface area contributed by atoms with Gasteiger partial charge in [0.1, 0.15) is 4.90 Å². The lowest BCUT2D eigenvalue weighted by molar-refractivity contribution is 0.426. The zero-order chi connectivity index (χ0) is 17.5. The molecule has 0 aliphatic heterocycles. The molecule has 0 spiro atoms. The first-order valence-corrected chi connectivity index (χ1v) is 10.2. The van der Waals surface area contributed by atoms with E-state index in [9.17, 15) is 8.42 Å². The molecule has 3 aromatic rings. The fraction of sp³-hybridized carbons (Fsp3) is 0.188. The molecule has 1 N–H and O–H groups in total. The zero-order valence-corrected chi connectivity index (χ0v) is 16.5. The number of benzene rings is 1. The fourth-order valence-electron chi connectivity index (χ4n) is 2.51. The van der Waals surface area contributed by atoms with Crippen LogP contribution in [0.5, 0.6) is 0 Å². The Labute approximate surface area is 152 Å². The molecule has 0 aliphatic rings. The second-order valence-electron chi connectivity index (χ2n) is 5.37. The van der Waals surface area contributed by atoms with Gasteiger partial charge < -0.3 is 4.52 Å². The van der Waals surface area contributed by atoms with Gasteiger partial charge in [0.05, 0.1) is 11.3 Å². The van der Waals surface area contributed by atoms with E-state index < -0.39 is 10.0 Å². The molecule has 5 nitrogen and oxygen atoms in total. The van der Waals surface area contributed by atoms with E-state index in [1.807, 2.05) is 13.0 Å². The van der Waals surface area contributed by atoms with Crippen LogP contribution in [0.1, 0.15) is 15.4 Å². The maximum atomic E-state index is 13.0. The van der Waals surface area contributed by atoms with Crippen LogP contribution >= 0.6 is 27.3 Å². The third-order valence-electron chi connectivity index (χ3n) is 3.42. The highest BCUT2D eigenvalue weighted by Gasteiger charge is 2.28. The Balaban J connectivity index is 2.11. The van der Waals surface area contributed by atoms with Crippen LogP contribution in [0.4, 0.5) is 5.69 Å². The van der Waals surface area contributed by atoms with Crippen molar-refractivity contribution in [1.29, 1.82) is 0 Å². The summed E-state index contributed by atoms with van der Waals surface area (Å²) in [4.78, 5) is 1.82. The second kappa shape index (κ2) is 6.34. The number of rotatable bonds is 4. The lowest BCUT2D eigenvalue weighted by Gasteiger charge is -2.10. The largest absolute Gasteiger partial charge is 0.356 e. The summed E-state index contributed by atoms with van der Waals surface area (Å²) in [6.45, 7) is 5.47.